The van der Waals surface area contributed by atoms with Crippen molar-refractivity contribution < 1.29 is 0 Å². The third-order valence-electron chi connectivity index (χ3n) is 4.61. The Balaban J connectivity index is 1.34. The Morgan fingerprint density at radius 1 is 1.20 bits per heavy atom. The summed E-state index contributed by atoms with van der Waals surface area (Å²) in [5.41, 5.74) is 0. The van der Waals surface area contributed by atoms with E-state index in [-0.39, 0.29) is 0 Å². The molecule has 2 saturated carbocycles. The lowest BCUT2D eigenvalue weighted by molar-refractivity contribution is 0.316. The van der Waals surface area contributed by atoms with Crippen molar-refractivity contribution in [3.63, 3.8) is 0 Å². The molecule has 3 fully saturated rings. The first kappa shape index (κ1) is 13.0. The van der Waals surface area contributed by atoms with Crippen LogP contribution in [-0.4, -0.2) is 40.5 Å². The van der Waals surface area contributed by atoms with E-state index < -0.39 is 0 Å². The maximum Gasteiger partial charge on any atom is 0.135 e. The van der Waals surface area contributed by atoms with E-state index in [2.05, 4.69) is 36.1 Å². The van der Waals surface area contributed by atoms with E-state index in [9.17, 15) is 0 Å². The van der Waals surface area contributed by atoms with E-state index in [0.29, 0.717) is 5.92 Å². The quantitative estimate of drug-likeness (QED) is 0.839. The number of anilines is 1. The SMILES string of the molecule is Brc1cc(NCC2CCN(C3CC3)C2)nc(C2CC2)n1. The molecule has 3 aliphatic rings. The maximum absolute atomic E-state index is 4.66. The molecular weight excluding hydrogens is 316 g/mol. The maximum atomic E-state index is 4.66. The summed E-state index contributed by atoms with van der Waals surface area (Å²) >= 11 is 3.50. The van der Waals surface area contributed by atoms with Gasteiger partial charge in [-0.05, 0) is 60.5 Å². The van der Waals surface area contributed by atoms with Crippen LogP contribution in [0.15, 0.2) is 10.7 Å². The lowest BCUT2D eigenvalue weighted by atomic mass is 10.1. The molecule has 1 aliphatic heterocycles. The molecule has 0 aromatic carbocycles. The minimum absolute atomic E-state index is 0.602. The van der Waals surface area contributed by atoms with Gasteiger partial charge in [-0.2, -0.15) is 0 Å². The molecule has 1 aromatic rings. The molecule has 0 radical (unpaired) electrons. The van der Waals surface area contributed by atoms with Crippen LogP contribution >= 0.6 is 15.9 Å². The minimum atomic E-state index is 0.602. The van der Waals surface area contributed by atoms with E-state index in [1.807, 2.05) is 6.07 Å². The van der Waals surface area contributed by atoms with Gasteiger partial charge in [0.15, 0.2) is 0 Å². The largest absolute Gasteiger partial charge is 0.370 e. The Morgan fingerprint density at radius 3 is 2.80 bits per heavy atom. The van der Waals surface area contributed by atoms with Gasteiger partial charge in [0.1, 0.15) is 16.2 Å². The van der Waals surface area contributed by atoms with Crippen molar-refractivity contribution >= 4 is 21.7 Å². The molecule has 4 rings (SSSR count). The molecule has 20 heavy (non-hydrogen) atoms. The standard InChI is InChI=1S/C15H21BrN4/c16-13-7-14(19-15(18-13)11-1-2-11)17-8-10-5-6-20(9-10)12-3-4-12/h7,10-12H,1-6,8-9H2,(H,17,18,19). The molecule has 1 aromatic heterocycles. The lowest BCUT2D eigenvalue weighted by Gasteiger charge is -2.15. The van der Waals surface area contributed by atoms with Crippen LogP contribution < -0.4 is 5.32 Å². The summed E-state index contributed by atoms with van der Waals surface area (Å²) in [4.78, 5) is 11.8. The van der Waals surface area contributed by atoms with Crippen molar-refractivity contribution in [1.29, 1.82) is 0 Å². The highest BCUT2D eigenvalue weighted by Crippen LogP contribution is 2.39. The van der Waals surface area contributed by atoms with Crippen LogP contribution in [0.4, 0.5) is 5.82 Å². The highest BCUT2D eigenvalue weighted by Gasteiger charge is 2.34. The average Bonchev–Trinajstić information content (AvgIpc) is 3.34. The van der Waals surface area contributed by atoms with Crippen molar-refractivity contribution in [1.82, 2.24) is 14.9 Å². The summed E-state index contributed by atoms with van der Waals surface area (Å²) < 4.78 is 0.905. The van der Waals surface area contributed by atoms with Gasteiger partial charge >= 0.3 is 0 Å². The minimum Gasteiger partial charge on any atom is -0.370 e. The Morgan fingerprint density at radius 2 is 2.05 bits per heavy atom. The Kier molecular flexibility index (Phi) is 3.42. The zero-order chi connectivity index (χ0) is 13.5. The second kappa shape index (κ2) is 5.26. The molecule has 5 heteroatoms. The number of halogens is 1. The first-order chi connectivity index (χ1) is 9.78. The fourth-order valence-electron chi connectivity index (χ4n) is 3.10. The Bertz CT molecular complexity index is 499. The number of nitrogens with one attached hydrogen (secondary N) is 1. The zero-order valence-electron chi connectivity index (χ0n) is 11.7. The summed E-state index contributed by atoms with van der Waals surface area (Å²) in [5, 5.41) is 3.52. The van der Waals surface area contributed by atoms with Gasteiger partial charge in [-0.3, -0.25) is 0 Å². The second-order valence-electron chi connectivity index (χ2n) is 6.47. The number of likely N-dealkylation sites (tertiary alicyclic amines) is 1. The van der Waals surface area contributed by atoms with Crippen molar-refractivity contribution in [2.45, 2.75) is 44.1 Å². The zero-order valence-corrected chi connectivity index (χ0v) is 13.3. The van der Waals surface area contributed by atoms with E-state index >= 15 is 0 Å². The highest BCUT2D eigenvalue weighted by atomic mass is 79.9. The van der Waals surface area contributed by atoms with Crippen LogP contribution in [0.1, 0.15) is 43.8 Å². The van der Waals surface area contributed by atoms with Gasteiger partial charge in [0.25, 0.3) is 0 Å². The molecule has 0 bridgehead atoms. The van der Waals surface area contributed by atoms with Gasteiger partial charge in [-0.1, -0.05) is 0 Å². The monoisotopic (exact) mass is 336 g/mol. The fraction of sp³-hybridized carbons (Fsp3) is 0.733. The summed E-state index contributed by atoms with van der Waals surface area (Å²) in [7, 11) is 0. The summed E-state index contributed by atoms with van der Waals surface area (Å²) in [5.74, 6) is 3.37. The fourth-order valence-corrected chi connectivity index (χ4v) is 3.50. The molecule has 2 heterocycles. The van der Waals surface area contributed by atoms with Gasteiger partial charge < -0.3 is 10.2 Å². The summed E-state index contributed by atoms with van der Waals surface area (Å²) in [6.45, 7) is 3.59. The molecule has 108 valence electrons. The van der Waals surface area contributed by atoms with Crippen LogP contribution in [0.25, 0.3) is 0 Å². The second-order valence-corrected chi connectivity index (χ2v) is 7.28. The van der Waals surface area contributed by atoms with E-state index in [4.69, 9.17) is 0 Å². The van der Waals surface area contributed by atoms with Crippen LogP contribution in [-0.2, 0) is 0 Å². The van der Waals surface area contributed by atoms with Crippen molar-refractivity contribution in [3.05, 3.63) is 16.5 Å². The Labute approximate surface area is 128 Å². The van der Waals surface area contributed by atoms with Gasteiger partial charge in [-0.15, -0.1) is 0 Å². The lowest BCUT2D eigenvalue weighted by Crippen LogP contribution is -2.25. The third-order valence-corrected chi connectivity index (χ3v) is 5.01. The number of hydrogen-bond donors (Lipinski definition) is 1. The van der Waals surface area contributed by atoms with E-state index in [0.717, 1.165) is 34.7 Å². The third kappa shape index (κ3) is 2.98. The predicted octanol–water partition coefficient (Wildman–Crippen LogP) is 3.01. The summed E-state index contributed by atoms with van der Waals surface area (Å²) in [6, 6.07) is 2.91. The predicted molar refractivity (Wildman–Crippen MR) is 82.9 cm³/mol. The van der Waals surface area contributed by atoms with Crippen molar-refractivity contribution in [2.24, 2.45) is 5.92 Å². The molecule has 2 aliphatic carbocycles. The van der Waals surface area contributed by atoms with Gasteiger partial charge in [0, 0.05) is 31.1 Å². The first-order valence-electron chi connectivity index (χ1n) is 7.80. The van der Waals surface area contributed by atoms with Crippen LogP contribution in [0.2, 0.25) is 0 Å². The van der Waals surface area contributed by atoms with E-state index in [1.54, 1.807) is 0 Å². The summed E-state index contributed by atoms with van der Waals surface area (Å²) in [6.07, 6.45) is 6.66. The van der Waals surface area contributed by atoms with Gasteiger partial charge in [0.2, 0.25) is 0 Å². The van der Waals surface area contributed by atoms with Crippen LogP contribution in [0, 0.1) is 5.92 Å². The van der Waals surface area contributed by atoms with Crippen molar-refractivity contribution in [2.75, 3.05) is 25.0 Å². The first-order valence-corrected chi connectivity index (χ1v) is 8.59. The highest BCUT2D eigenvalue weighted by molar-refractivity contribution is 9.10. The average molecular weight is 337 g/mol. The Hall–Kier alpha value is -0.680. The number of hydrogen-bond acceptors (Lipinski definition) is 4. The molecule has 1 N–H and O–H groups in total. The molecule has 0 spiro atoms. The molecule has 4 nitrogen and oxygen atoms in total. The molecule has 0 amide bonds. The number of rotatable bonds is 5. The molecular formula is C15H21BrN4. The number of aromatic nitrogens is 2. The smallest absolute Gasteiger partial charge is 0.135 e. The van der Waals surface area contributed by atoms with E-state index in [1.165, 1.54) is 45.2 Å². The van der Waals surface area contributed by atoms with Gasteiger partial charge in [-0.25, -0.2) is 9.97 Å². The number of nitrogens with zero attached hydrogens (tertiary/aromatic N) is 3. The molecule has 1 saturated heterocycles. The molecule has 1 unspecified atom stereocenters. The van der Waals surface area contributed by atoms with Gasteiger partial charge in [0.05, 0.1) is 0 Å². The van der Waals surface area contributed by atoms with Crippen LogP contribution in [0.5, 0.6) is 0 Å². The van der Waals surface area contributed by atoms with Crippen LogP contribution in [0.3, 0.4) is 0 Å². The molecule has 1 atom stereocenters. The normalized spacial score (nSPS) is 26.9. The van der Waals surface area contributed by atoms with Crippen molar-refractivity contribution in [3.8, 4) is 0 Å². The topological polar surface area (TPSA) is 41.0 Å².